The number of sulfonamides is 1. The summed E-state index contributed by atoms with van der Waals surface area (Å²) < 4.78 is 33.6. The molecule has 0 radical (unpaired) electrons. The van der Waals surface area contributed by atoms with Crippen LogP contribution in [-0.2, 0) is 26.0 Å². The van der Waals surface area contributed by atoms with E-state index in [1.165, 1.54) is 4.31 Å². The van der Waals surface area contributed by atoms with Crippen LogP contribution in [0, 0.1) is 26.2 Å². The van der Waals surface area contributed by atoms with E-state index >= 15 is 0 Å². The van der Waals surface area contributed by atoms with Gasteiger partial charge in [0.15, 0.2) is 0 Å². The van der Waals surface area contributed by atoms with Crippen LogP contribution < -0.4 is 0 Å². The second kappa shape index (κ2) is 8.28. The van der Waals surface area contributed by atoms with E-state index in [0.29, 0.717) is 37.2 Å². The molecule has 0 spiro atoms. The molecule has 1 aromatic heterocycles. The summed E-state index contributed by atoms with van der Waals surface area (Å²) in [7, 11) is -3.77. The highest BCUT2D eigenvalue weighted by molar-refractivity contribution is 7.89. The first-order valence-electron chi connectivity index (χ1n) is 9.95. The third-order valence-electron chi connectivity index (χ3n) is 5.70. The van der Waals surface area contributed by atoms with Gasteiger partial charge in [0.1, 0.15) is 4.90 Å². The van der Waals surface area contributed by atoms with Gasteiger partial charge in [-0.15, -0.1) is 0 Å². The quantitative estimate of drug-likeness (QED) is 0.727. The van der Waals surface area contributed by atoms with E-state index in [0.717, 1.165) is 11.1 Å². The highest BCUT2D eigenvalue weighted by Gasteiger charge is 2.47. The van der Waals surface area contributed by atoms with E-state index < -0.39 is 15.4 Å². The largest absolute Gasteiger partial charge is 0.466 e. The van der Waals surface area contributed by atoms with Gasteiger partial charge in [-0.25, -0.2) is 8.42 Å². The van der Waals surface area contributed by atoms with Crippen molar-refractivity contribution in [2.24, 2.45) is 5.41 Å². The van der Waals surface area contributed by atoms with Gasteiger partial charge in [-0.3, -0.25) is 9.89 Å². The van der Waals surface area contributed by atoms with Gasteiger partial charge in [-0.05, 0) is 58.1 Å². The molecule has 0 amide bonds. The number of aryl methyl sites for hydroxylation is 3. The Labute approximate surface area is 172 Å². The summed E-state index contributed by atoms with van der Waals surface area (Å²) in [5.41, 5.74) is 2.16. The van der Waals surface area contributed by atoms with E-state index in [1.54, 1.807) is 20.8 Å². The lowest BCUT2D eigenvalue weighted by Gasteiger charge is -2.40. The van der Waals surface area contributed by atoms with Gasteiger partial charge in [0.25, 0.3) is 0 Å². The fraction of sp³-hybridized carbons (Fsp3) is 0.524. The number of hydrogen-bond acceptors (Lipinski definition) is 5. The number of benzene rings is 1. The van der Waals surface area contributed by atoms with E-state index in [2.05, 4.69) is 10.2 Å². The van der Waals surface area contributed by atoms with Gasteiger partial charge in [0, 0.05) is 13.1 Å². The Bertz CT molecular complexity index is 980. The first-order chi connectivity index (χ1) is 13.7. The van der Waals surface area contributed by atoms with Crippen LogP contribution in [0.2, 0.25) is 0 Å². The molecule has 1 aliphatic rings. The number of ether oxygens (including phenoxy) is 1. The number of aromatic nitrogens is 2. The van der Waals surface area contributed by atoms with Crippen molar-refractivity contribution < 1.29 is 17.9 Å². The molecule has 2 heterocycles. The minimum atomic E-state index is -3.77. The lowest BCUT2D eigenvalue weighted by Crippen LogP contribution is -2.51. The number of hydrogen-bond donors (Lipinski definition) is 1. The Morgan fingerprint density at radius 3 is 2.62 bits per heavy atom. The lowest BCUT2D eigenvalue weighted by molar-refractivity contribution is -0.157. The molecular weight excluding hydrogens is 390 g/mol. The standard InChI is InChI=1S/C21H29N3O4S/c1-5-28-20(25)21(13-18-10-7-6-9-15(18)2)11-8-12-24(14-21)29(26,27)19-16(3)22-23-17(19)4/h6-7,9-10H,5,8,11-14H2,1-4H3,(H,22,23). The number of nitrogens with zero attached hydrogens (tertiary/aromatic N) is 2. The van der Waals surface area contributed by atoms with Crippen molar-refractivity contribution in [1.29, 1.82) is 0 Å². The zero-order chi connectivity index (χ0) is 21.2. The van der Waals surface area contributed by atoms with Gasteiger partial charge < -0.3 is 4.74 Å². The summed E-state index contributed by atoms with van der Waals surface area (Å²) in [6, 6.07) is 7.90. The minimum Gasteiger partial charge on any atom is -0.466 e. The number of esters is 1. The molecule has 1 atom stereocenters. The summed E-state index contributed by atoms with van der Waals surface area (Å²) in [6.45, 7) is 7.89. The minimum absolute atomic E-state index is 0.104. The normalized spacial score (nSPS) is 20.6. The first kappa shape index (κ1) is 21.5. The average Bonchev–Trinajstić information content (AvgIpc) is 3.03. The maximum Gasteiger partial charge on any atom is 0.313 e. The van der Waals surface area contributed by atoms with Crippen LogP contribution in [0.1, 0.15) is 42.3 Å². The molecule has 1 aliphatic heterocycles. The molecule has 8 heteroatoms. The van der Waals surface area contributed by atoms with Crippen molar-refractivity contribution in [1.82, 2.24) is 14.5 Å². The average molecular weight is 420 g/mol. The number of carbonyl (C=O) groups excluding carboxylic acids is 1. The Hall–Kier alpha value is -2.19. The predicted molar refractivity (Wildman–Crippen MR) is 110 cm³/mol. The highest BCUT2D eigenvalue weighted by Crippen LogP contribution is 2.38. The van der Waals surface area contributed by atoms with Gasteiger partial charge in [0.2, 0.25) is 10.0 Å². The van der Waals surface area contributed by atoms with Crippen LogP contribution in [0.25, 0.3) is 0 Å². The fourth-order valence-corrected chi connectivity index (χ4v) is 6.08. The highest BCUT2D eigenvalue weighted by atomic mass is 32.2. The molecule has 3 rings (SSSR count). The number of rotatable bonds is 6. The molecule has 1 saturated heterocycles. The third kappa shape index (κ3) is 4.09. The van der Waals surface area contributed by atoms with Crippen molar-refractivity contribution in [2.75, 3.05) is 19.7 Å². The summed E-state index contributed by atoms with van der Waals surface area (Å²) in [5.74, 6) is -0.330. The van der Waals surface area contributed by atoms with Crippen molar-refractivity contribution in [3.05, 3.63) is 46.8 Å². The summed E-state index contributed by atoms with van der Waals surface area (Å²) >= 11 is 0. The Morgan fingerprint density at radius 1 is 1.28 bits per heavy atom. The summed E-state index contributed by atoms with van der Waals surface area (Å²) in [5, 5.41) is 6.78. The number of H-pyrrole nitrogens is 1. The molecule has 1 fully saturated rings. The van der Waals surface area contributed by atoms with E-state index in [1.807, 2.05) is 31.2 Å². The molecule has 0 bridgehead atoms. The predicted octanol–water partition coefficient (Wildman–Crippen LogP) is 2.91. The molecule has 29 heavy (non-hydrogen) atoms. The first-order valence-corrected chi connectivity index (χ1v) is 11.4. The Kier molecular flexibility index (Phi) is 6.14. The molecule has 158 valence electrons. The Morgan fingerprint density at radius 2 is 2.00 bits per heavy atom. The second-order valence-electron chi connectivity index (χ2n) is 7.81. The molecule has 0 aliphatic carbocycles. The molecule has 7 nitrogen and oxygen atoms in total. The van der Waals surface area contributed by atoms with Crippen molar-refractivity contribution in [3.63, 3.8) is 0 Å². The molecule has 1 N–H and O–H groups in total. The van der Waals surface area contributed by atoms with Crippen molar-refractivity contribution in [3.8, 4) is 0 Å². The van der Waals surface area contributed by atoms with Crippen LogP contribution in [0.5, 0.6) is 0 Å². The van der Waals surface area contributed by atoms with Crippen LogP contribution in [-0.4, -0.2) is 48.6 Å². The molecular formula is C21H29N3O4S. The fourth-order valence-electron chi connectivity index (χ4n) is 4.18. The third-order valence-corrected chi connectivity index (χ3v) is 7.81. The van der Waals surface area contributed by atoms with Crippen LogP contribution >= 0.6 is 0 Å². The Balaban J connectivity index is 2.00. The van der Waals surface area contributed by atoms with Crippen LogP contribution in [0.3, 0.4) is 0 Å². The molecule has 1 aromatic carbocycles. The zero-order valence-electron chi connectivity index (χ0n) is 17.5. The van der Waals surface area contributed by atoms with E-state index in [-0.39, 0.29) is 24.0 Å². The molecule has 0 saturated carbocycles. The van der Waals surface area contributed by atoms with Gasteiger partial charge in [-0.2, -0.15) is 9.40 Å². The van der Waals surface area contributed by atoms with E-state index in [9.17, 15) is 13.2 Å². The van der Waals surface area contributed by atoms with Gasteiger partial charge in [0.05, 0.1) is 23.4 Å². The van der Waals surface area contributed by atoms with Gasteiger partial charge in [-0.1, -0.05) is 24.3 Å². The number of piperidine rings is 1. The van der Waals surface area contributed by atoms with Crippen molar-refractivity contribution >= 4 is 16.0 Å². The van der Waals surface area contributed by atoms with Crippen molar-refractivity contribution in [2.45, 2.75) is 51.9 Å². The van der Waals surface area contributed by atoms with E-state index in [4.69, 9.17) is 4.74 Å². The second-order valence-corrected chi connectivity index (χ2v) is 9.68. The van der Waals surface area contributed by atoms with Crippen LogP contribution in [0.4, 0.5) is 0 Å². The monoisotopic (exact) mass is 419 g/mol. The maximum absolute atomic E-state index is 13.4. The summed E-state index contributed by atoms with van der Waals surface area (Å²) in [6.07, 6.45) is 1.64. The summed E-state index contributed by atoms with van der Waals surface area (Å²) in [4.78, 5) is 13.3. The molecule has 1 unspecified atom stereocenters. The topological polar surface area (TPSA) is 92.4 Å². The smallest absolute Gasteiger partial charge is 0.313 e. The molecule has 2 aromatic rings. The van der Waals surface area contributed by atoms with Crippen LogP contribution in [0.15, 0.2) is 29.2 Å². The number of aromatic amines is 1. The van der Waals surface area contributed by atoms with Gasteiger partial charge >= 0.3 is 5.97 Å². The SMILES string of the molecule is CCOC(=O)C1(Cc2ccccc2C)CCCN(S(=O)(=O)c2c(C)n[nH]c2C)C1. The number of carbonyl (C=O) groups is 1. The number of nitrogens with one attached hydrogen (secondary N) is 1. The zero-order valence-corrected chi connectivity index (χ0v) is 18.3. The lowest BCUT2D eigenvalue weighted by atomic mass is 9.75. The maximum atomic E-state index is 13.4.